The molecular weight excluding hydrogens is 260 g/mol. The van der Waals surface area contributed by atoms with Gasteiger partial charge in [0, 0.05) is 10.9 Å². The second-order valence-corrected chi connectivity index (χ2v) is 4.94. The summed E-state index contributed by atoms with van der Waals surface area (Å²) < 4.78 is 0. The monoisotopic (exact) mass is 268 g/mol. The summed E-state index contributed by atoms with van der Waals surface area (Å²) in [7, 11) is 0. The molecule has 4 aromatic rings. The maximum Gasteiger partial charge on any atom is 0.200 e. The Morgan fingerprint density at radius 2 is 1.58 bits per heavy atom. The van der Waals surface area contributed by atoms with E-state index in [1.807, 2.05) is 36.4 Å². The van der Waals surface area contributed by atoms with Crippen molar-refractivity contribution in [1.29, 1.82) is 0 Å². The highest BCUT2D eigenvalue weighted by atomic mass is 35.5. The van der Waals surface area contributed by atoms with Crippen molar-refractivity contribution in [3.05, 3.63) is 57.7 Å². The highest BCUT2D eigenvalue weighted by Gasteiger charge is 2.12. The van der Waals surface area contributed by atoms with Gasteiger partial charge < -0.3 is 9.97 Å². The van der Waals surface area contributed by atoms with Crippen LogP contribution in [0.15, 0.2) is 47.3 Å². The lowest BCUT2D eigenvalue weighted by Crippen LogP contribution is -2.03. The van der Waals surface area contributed by atoms with Gasteiger partial charge in [0.05, 0.1) is 21.3 Å². The van der Waals surface area contributed by atoms with Crippen LogP contribution in [0.4, 0.5) is 0 Å². The summed E-state index contributed by atoms with van der Waals surface area (Å²) in [6, 6.07) is 13.2. The third-order valence-corrected chi connectivity index (χ3v) is 3.75. The number of nitrogens with one attached hydrogen (secondary N) is 2. The normalized spacial score (nSPS) is 11.6. The van der Waals surface area contributed by atoms with Gasteiger partial charge in [0.25, 0.3) is 0 Å². The average Bonchev–Trinajstić information content (AvgIpc) is 2.77. The molecule has 0 aliphatic rings. The summed E-state index contributed by atoms with van der Waals surface area (Å²) in [6.07, 6.45) is 0. The smallest absolute Gasteiger partial charge is 0.200 e. The molecule has 19 heavy (non-hydrogen) atoms. The lowest BCUT2D eigenvalue weighted by Gasteiger charge is -2.00. The van der Waals surface area contributed by atoms with Gasteiger partial charge in [-0.2, -0.15) is 0 Å². The van der Waals surface area contributed by atoms with E-state index in [0.717, 1.165) is 22.1 Å². The minimum Gasteiger partial charge on any atom is -0.341 e. The molecule has 2 aromatic heterocycles. The largest absolute Gasteiger partial charge is 0.341 e. The fraction of sp³-hybridized carbons (Fsp3) is 0. The molecule has 0 fully saturated rings. The van der Waals surface area contributed by atoms with Crippen molar-refractivity contribution >= 4 is 44.4 Å². The first-order valence-corrected chi connectivity index (χ1v) is 6.34. The van der Waals surface area contributed by atoms with E-state index in [9.17, 15) is 4.79 Å². The van der Waals surface area contributed by atoms with Gasteiger partial charge in [0.15, 0.2) is 0 Å². The fourth-order valence-corrected chi connectivity index (χ4v) is 2.85. The second-order valence-electron chi connectivity index (χ2n) is 4.54. The van der Waals surface area contributed by atoms with Gasteiger partial charge >= 0.3 is 0 Å². The number of hydrogen-bond donors (Lipinski definition) is 2. The minimum atomic E-state index is -0.0354. The summed E-state index contributed by atoms with van der Waals surface area (Å²) in [4.78, 5) is 19.1. The number of benzene rings is 2. The fourth-order valence-electron chi connectivity index (χ4n) is 2.59. The summed E-state index contributed by atoms with van der Waals surface area (Å²) in [5.41, 5.74) is 2.39. The van der Waals surface area contributed by atoms with Crippen molar-refractivity contribution in [1.82, 2.24) is 9.97 Å². The van der Waals surface area contributed by atoms with Crippen molar-refractivity contribution in [3.8, 4) is 0 Å². The molecule has 4 heteroatoms. The topological polar surface area (TPSA) is 48.6 Å². The standard InChI is InChI=1S/C15H9ClN2O/c16-9-5-3-7-11-13(9)14(19)12-8-4-1-2-6-10(8)17-15(12)18-11/h1-7H,(H2,17,18,19). The minimum absolute atomic E-state index is 0.0354. The maximum atomic E-state index is 12.7. The van der Waals surface area contributed by atoms with E-state index in [1.54, 1.807) is 6.07 Å². The van der Waals surface area contributed by atoms with E-state index in [4.69, 9.17) is 11.6 Å². The lowest BCUT2D eigenvalue weighted by atomic mass is 10.1. The molecule has 2 aromatic carbocycles. The molecule has 0 bridgehead atoms. The van der Waals surface area contributed by atoms with E-state index in [2.05, 4.69) is 9.97 Å². The van der Waals surface area contributed by atoms with Crippen LogP contribution in [-0.2, 0) is 0 Å². The summed E-state index contributed by atoms with van der Waals surface area (Å²) in [5, 5.41) is 2.60. The van der Waals surface area contributed by atoms with Gasteiger partial charge in [0.2, 0.25) is 5.43 Å². The second kappa shape index (κ2) is 3.62. The zero-order chi connectivity index (χ0) is 13.0. The molecule has 3 nitrogen and oxygen atoms in total. The number of pyridine rings is 1. The Bertz CT molecular complexity index is 997. The Balaban J connectivity index is 2.39. The zero-order valence-corrected chi connectivity index (χ0v) is 10.6. The van der Waals surface area contributed by atoms with Crippen molar-refractivity contribution < 1.29 is 0 Å². The number of para-hydroxylation sites is 1. The first-order valence-electron chi connectivity index (χ1n) is 5.96. The average molecular weight is 269 g/mol. The molecule has 0 unspecified atom stereocenters. The van der Waals surface area contributed by atoms with Crippen molar-refractivity contribution in [2.45, 2.75) is 0 Å². The third-order valence-electron chi connectivity index (χ3n) is 3.43. The van der Waals surface area contributed by atoms with Crippen LogP contribution in [0.25, 0.3) is 32.8 Å². The Labute approximate surface area is 112 Å². The van der Waals surface area contributed by atoms with E-state index in [-0.39, 0.29) is 5.43 Å². The van der Waals surface area contributed by atoms with Gasteiger partial charge in [-0.15, -0.1) is 0 Å². The Hall–Kier alpha value is -2.26. The van der Waals surface area contributed by atoms with E-state index in [1.165, 1.54) is 0 Å². The Morgan fingerprint density at radius 3 is 2.47 bits per heavy atom. The van der Waals surface area contributed by atoms with Crippen LogP contribution in [0.5, 0.6) is 0 Å². The summed E-state index contributed by atoms with van der Waals surface area (Å²) in [5.74, 6) is 0. The van der Waals surface area contributed by atoms with Crippen LogP contribution >= 0.6 is 11.6 Å². The lowest BCUT2D eigenvalue weighted by molar-refractivity contribution is 1.40. The summed E-state index contributed by atoms with van der Waals surface area (Å²) in [6.45, 7) is 0. The number of aromatic nitrogens is 2. The number of fused-ring (bicyclic) bond motifs is 4. The maximum absolute atomic E-state index is 12.7. The van der Waals surface area contributed by atoms with Gasteiger partial charge in [-0.05, 0) is 18.2 Å². The van der Waals surface area contributed by atoms with Crippen molar-refractivity contribution in [2.24, 2.45) is 0 Å². The van der Waals surface area contributed by atoms with Gasteiger partial charge in [-0.25, -0.2) is 0 Å². The van der Waals surface area contributed by atoms with Crippen LogP contribution in [-0.4, -0.2) is 9.97 Å². The number of halogens is 1. The van der Waals surface area contributed by atoms with E-state index >= 15 is 0 Å². The highest BCUT2D eigenvalue weighted by Crippen LogP contribution is 2.26. The molecule has 2 heterocycles. The van der Waals surface area contributed by atoms with Gasteiger partial charge in [-0.3, -0.25) is 4.79 Å². The van der Waals surface area contributed by atoms with Crippen LogP contribution in [0, 0.1) is 0 Å². The van der Waals surface area contributed by atoms with E-state index < -0.39 is 0 Å². The zero-order valence-electron chi connectivity index (χ0n) is 9.83. The SMILES string of the molecule is O=c1c2c(Cl)cccc2[nH]c2[nH]c3ccccc3c12. The summed E-state index contributed by atoms with van der Waals surface area (Å²) >= 11 is 6.15. The van der Waals surface area contributed by atoms with Crippen LogP contribution in [0.3, 0.4) is 0 Å². The molecule has 0 aliphatic heterocycles. The van der Waals surface area contributed by atoms with E-state index in [0.29, 0.717) is 15.8 Å². The van der Waals surface area contributed by atoms with Gasteiger partial charge in [-0.1, -0.05) is 35.9 Å². The van der Waals surface area contributed by atoms with Crippen LogP contribution in [0.2, 0.25) is 5.02 Å². The molecule has 0 aliphatic carbocycles. The number of rotatable bonds is 0. The third kappa shape index (κ3) is 1.36. The molecule has 0 saturated heterocycles. The molecule has 92 valence electrons. The first kappa shape index (κ1) is 10.6. The molecule has 2 N–H and O–H groups in total. The highest BCUT2D eigenvalue weighted by molar-refractivity contribution is 6.35. The molecular formula is C15H9ClN2O. The van der Waals surface area contributed by atoms with Crippen LogP contribution < -0.4 is 5.43 Å². The first-order chi connectivity index (χ1) is 9.25. The predicted molar refractivity (Wildman–Crippen MR) is 78.9 cm³/mol. The Morgan fingerprint density at radius 1 is 0.842 bits per heavy atom. The molecule has 0 saturated carbocycles. The number of aromatic amines is 2. The number of H-pyrrole nitrogens is 2. The molecule has 0 radical (unpaired) electrons. The predicted octanol–water partition coefficient (Wildman–Crippen LogP) is 3.82. The van der Waals surface area contributed by atoms with Crippen LogP contribution in [0.1, 0.15) is 0 Å². The molecule has 0 atom stereocenters. The van der Waals surface area contributed by atoms with Crippen molar-refractivity contribution in [2.75, 3.05) is 0 Å². The molecule has 4 rings (SSSR count). The number of hydrogen-bond acceptors (Lipinski definition) is 1. The molecule has 0 amide bonds. The Kier molecular flexibility index (Phi) is 2.03. The van der Waals surface area contributed by atoms with Gasteiger partial charge in [0.1, 0.15) is 5.65 Å². The quantitative estimate of drug-likeness (QED) is 0.500. The van der Waals surface area contributed by atoms with Crippen molar-refractivity contribution in [3.63, 3.8) is 0 Å². The molecule has 0 spiro atoms.